The molecule has 0 saturated carbocycles. The quantitative estimate of drug-likeness (QED) is 0.459. The molecule has 0 bridgehead atoms. The molecule has 3 rings (SSSR count). The zero-order valence-electron chi connectivity index (χ0n) is 14.1. The summed E-state index contributed by atoms with van der Waals surface area (Å²) in [5.74, 6) is 1.20. The summed E-state index contributed by atoms with van der Waals surface area (Å²) in [5, 5.41) is 4.02. The molecule has 0 aliphatic rings. The molecule has 0 saturated heterocycles. The molecule has 1 amide bonds. The summed E-state index contributed by atoms with van der Waals surface area (Å²) in [7, 11) is 0. The van der Waals surface area contributed by atoms with Crippen molar-refractivity contribution in [3.05, 3.63) is 94.0 Å². The van der Waals surface area contributed by atoms with Crippen molar-refractivity contribution in [2.45, 2.75) is 6.92 Å². The SMILES string of the molecule is Cc1ccc(C(=O)NN=Cc2cccc(Oc3ccccc3)c2)cc1Br. The maximum Gasteiger partial charge on any atom is 0.271 e. The molecule has 0 unspecified atom stereocenters. The van der Waals surface area contributed by atoms with E-state index in [9.17, 15) is 4.79 Å². The normalized spacial score (nSPS) is 10.7. The van der Waals surface area contributed by atoms with Crippen molar-refractivity contribution in [2.75, 3.05) is 0 Å². The van der Waals surface area contributed by atoms with Gasteiger partial charge in [-0.2, -0.15) is 5.10 Å². The van der Waals surface area contributed by atoms with Gasteiger partial charge >= 0.3 is 0 Å². The van der Waals surface area contributed by atoms with Gasteiger partial charge in [0.05, 0.1) is 6.21 Å². The molecule has 0 aliphatic carbocycles. The molecule has 1 N–H and O–H groups in total. The van der Waals surface area contributed by atoms with Gasteiger partial charge in [0.1, 0.15) is 11.5 Å². The van der Waals surface area contributed by atoms with Crippen LogP contribution in [0.25, 0.3) is 0 Å². The molecule has 5 heteroatoms. The number of rotatable bonds is 5. The van der Waals surface area contributed by atoms with Gasteiger partial charge in [0.25, 0.3) is 5.91 Å². The Morgan fingerprint density at radius 3 is 2.54 bits per heavy atom. The van der Waals surface area contributed by atoms with E-state index in [-0.39, 0.29) is 5.91 Å². The van der Waals surface area contributed by atoms with E-state index in [1.807, 2.05) is 67.6 Å². The Hall–Kier alpha value is -2.92. The van der Waals surface area contributed by atoms with E-state index >= 15 is 0 Å². The van der Waals surface area contributed by atoms with Crippen LogP contribution in [0.5, 0.6) is 11.5 Å². The predicted octanol–water partition coefficient (Wildman–Crippen LogP) is 5.31. The topological polar surface area (TPSA) is 50.7 Å². The molecule has 0 atom stereocenters. The number of nitrogens with one attached hydrogen (secondary N) is 1. The van der Waals surface area contributed by atoms with Crippen molar-refractivity contribution in [2.24, 2.45) is 5.10 Å². The number of nitrogens with zero attached hydrogens (tertiary/aromatic N) is 1. The van der Waals surface area contributed by atoms with Crippen molar-refractivity contribution >= 4 is 28.1 Å². The Morgan fingerprint density at radius 1 is 1.00 bits per heavy atom. The highest BCUT2D eigenvalue weighted by atomic mass is 79.9. The second-order valence-corrected chi connectivity index (χ2v) is 6.51. The van der Waals surface area contributed by atoms with E-state index < -0.39 is 0 Å². The van der Waals surface area contributed by atoms with Gasteiger partial charge in [0.15, 0.2) is 0 Å². The van der Waals surface area contributed by atoms with Gasteiger partial charge in [-0.05, 0) is 54.4 Å². The van der Waals surface area contributed by atoms with Crippen molar-refractivity contribution < 1.29 is 9.53 Å². The van der Waals surface area contributed by atoms with Crippen LogP contribution in [-0.2, 0) is 0 Å². The maximum atomic E-state index is 12.1. The van der Waals surface area contributed by atoms with Gasteiger partial charge in [-0.1, -0.05) is 52.3 Å². The fraction of sp³-hybridized carbons (Fsp3) is 0.0476. The number of carbonyl (C=O) groups excluding carboxylic acids is 1. The molecule has 0 spiro atoms. The van der Waals surface area contributed by atoms with Crippen LogP contribution in [0.2, 0.25) is 0 Å². The first-order chi connectivity index (χ1) is 12.6. The summed E-state index contributed by atoms with van der Waals surface area (Å²) in [6, 6.07) is 22.4. The summed E-state index contributed by atoms with van der Waals surface area (Å²) >= 11 is 3.42. The largest absolute Gasteiger partial charge is 0.457 e. The lowest BCUT2D eigenvalue weighted by molar-refractivity contribution is 0.0955. The molecule has 4 nitrogen and oxygen atoms in total. The van der Waals surface area contributed by atoms with Crippen molar-refractivity contribution in [1.82, 2.24) is 5.43 Å². The lowest BCUT2D eigenvalue weighted by Crippen LogP contribution is -2.17. The van der Waals surface area contributed by atoms with Crippen molar-refractivity contribution in [3.8, 4) is 11.5 Å². The third-order valence-electron chi connectivity index (χ3n) is 3.65. The molecule has 130 valence electrons. The standard InChI is InChI=1S/C21H17BrN2O2/c1-15-10-11-17(13-20(15)22)21(25)24-23-14-16-6-5-9-19(12-16)26-18-7-3-2-4-8-18/h2-14H,1H3,(H,24,25). The van der Waals surface area contributed by atoms with Gasteiger partial charge in [0.2, 0.25) is 0 Å². The average molecular weight is 409 g/mol. The second-order valence-electron chi connectivity index (χ2n) is 5.65. The van der Waals surface area contributed by atoms with Crippen LogP contribution < -0.4 is 10.2 Å². The van der Waals surface area contributed by atoms with Crippen LogP contribution in [0.4, 0.5) is 0 Å². The third-order valence-corrected chi connectivity index (χ3v) is 4.51. The number of aryl methyl sites for hydroxylation is 1. The number of para-hydroxylation sites is 1. The first-order valence-electron chi connectivity index (χ1n) is 8.04. The number of carbonyl (C=O) groups is 1. The molecule has 26 heavy (non-hydrogen) atoms. The predicted molar refractivity (Wildman–Crippen MR) is 107 cm³/mol. The zero-order valence-corrected chi connectivity index (χ0v) is 15.7. The molecule has 0 fully saturated rings. The zero-order chi connectivity index (χ0) is 18.4. The van der Waals surface area contributed by atoms with Crippen molar-refractivity contribution in [1.29, 1.82) is 0 Å². The van der Waals surface area contributed by atoms with E-state index in [4.69, 9.17) is 4.74 Å². The molecule has 0 radical (unpaired) electrons. The first kappa shape index (κ1) is 17.9. The molecule has 0 aliphatic heterocycles. The summed E-state index contributed by atoms with van der Waals surface area (Å²) < 4.78 is 6.67. The number of benzene rings is 3. The minimum Gasteiger partial charge on any atom is -0.457 e. The number of ether oxygens (including phenoxy) is 1. The minimum atomic E-state index is -0.265. The highest BCUT2D eigenvalue weighted by Crippen LogP contribution is 2.21. The maximum absolute atomic E-state index is 12.1. The number of halogens is 1. The average Bonchev–Trinajstić information content (AvgIpc) is 2.65. The van der Waals surface area contributed by atoms with Crippen LogP contribution >= 0.6 is 15.9 Å². The smallest absolute Gasteiger partial charge is 0.271 e. The van der Waals surface area contributed by atoms with Crippen LogP contribution in [0, 0.1) is 6.92 Å². The summed E-state index contributed by atoms with van der Waals surface area (Å²) in [4.78, 5) is 12.1. The van der Waals surface area contributed by atoms with Crippen molar-refractivity contribution in [3.63, 3.8) is 0 Å². The lowest BCUT2D eigenvalue weighted by Gasteiger charge is -2.06. The van der Waals surface area contributed by atoms with E-state index in [1.165, 1.54) is 0 Å². The number of hydrogen-bond acceptors (Lipinski definition) is 3. The summed E-state index contributed by atoms with van der Waals surface area (Å²) in [6.07, 6.45) is 1.58. The fourth-order valence-corrected chi connectivity index (χ4v) is 2.63. The molecular weight excluding hydrogens is 392 g/mol. The molecule has 3 aromatic carbocycles. The van der Waals surface area contributed by atoms with Gasteiger partial charge in [-0.15, -0.1) is 0 Å². The number of hydrazone groups is 1. The molecule has 3 aromatic rings. The number of amides is 1. The monoisotopic (exact) mass is 408 g/mol. The Bertz CT molecular complexity index is 940. The Labute approximate surface area is 160 Å². The van der Waals surface area contributed by atoms with E-state index in [2.05, 4.69) is 26.5 Å². The van der Waals surface area contributed by atoms with Gasteiger partial charge in [-0.3, -0.25) is 4.79 Å². The summed E-state index contributed by atoms with van der Waals surface area (Å²) in [6.45, 7) is 1.97. The van der Waals surface area contributed by atoms with Crippen LogP contribution in [0.15, 0.2) is 82.4 Å². The highest BCUT2D eigenvalue weighted by molar-refractivity contribution is 9.10. The van der Waals surface area contributed by atoms with Crippen LogP contribution in [-0.4, -0.2) is 12.1 Å². The fourth-order valence-electron chi connectivity index (χ4n) is 2.25. The van der Waals surface area contributed by atoms with Crippen LogP contribution in [0.1, 0.15) is 21.5 Å². The second kappa shape index (κ2) is 8.45. The summed E-state index contributed by atoms with van der Waals surface area (Å²) in [5.41, 5.74) is 4.97. The Morgan fingerprint density at radius 2 is 1.77 bits per heavy atom. The molecular formula is C21H17BrN2O2. The van der Waals surface area contributed by atoms with Gasteiger partial charge in [-0.25, -0.2) is 5.43 Å². The minimum absolute atomic E-state index is 0.265. The first-order valence-corrected chi connectivity index (χ1v) is 8.83. The van der Waals surface area contributed by atoms with Crippen LogP contribution in [0.3, 0.4) is 0 Å². The highest BCUT2D eigenvalue weighted by Gasteiger charge is 2.05. The van der Waals surface area contributed by atoms with E-state index in [1.54, 1.807) is 18.3 Å². The third kappa shape index (κ3) is 4.80. The Balaban J connectivity index is 1.64. The Kier molecular flexibility index (Phi) is 5.81. The van der Waals surface area contributed by atoms with E-state index in [0.29, 0.717) is 11.3 Å². The molecule has 0 heterocycles. The van der Waals surface area contributed by atoms with Gasteiger partial charge < -0.3 is 4.74 Å². The lowest BCUT2D eigenvalue weighted by atomic mass is 10.1. The van der Waals surface area contributed by atoms with E-state index in [0.717, 1.165) is 21.3 Å². The number of hydrogen-bond donors (Lipinski definition) is 1. The van der Waals surface area contributed by atoms with Gasteiger partial charge in [0, 0.05) is 10.0 Å². The molecule has 0 aromatic heterocycles.